The number of sulfonamides is 1. The molecular formula is C27H27Cl2N5O3S. The number of nitrogens with two attached hydrogens (primary N) is 1. The fourth-order valence-corrected chi connectivity index (χ4v) is 5.34. The maximum Gasteiger partial charge on any atom is 0.264 e. The lowest BCUT2D eigenvalue weighted by molar-refractivity contribution is -0.120. The number of rotatable bonds is 7. The molecule has 0 aliphatic carbocycles. The minimum absolute atomic E-state index is 0.0181. The van der Waals surface area contributed by atoms with E-state index < -0.39 is 22.0 Å². The van der Waals surface area contributed by atoms with E-state index in [9.17, 15) is 13.2 Å². The van der Waals surface area contributed by atoms with Crippen LogP contribution >= 0.6 is 23.2 Å². The lowest BCUT2D eigenvalue weighted by atomic mass is 9.91. The molecule has 0 bridgehead atoms. The van der Waals surface area contributed by atoms with Gasteiger partial charge in [-0.2, -0.15) is 5.10 Å². The number of primary amides is 1. The van der Waals surface area contributed by atoms with E-state index in [2.05, 4.69) is 9.71 Å². The molecule has 1 amide bonds. The van der Waals surface area contributed by atoms with Gasteiger partial charge in [0.1, 0.15) is 6.04 Å². The number of carbonyl (C=O) groups is 1. The van der Waals surface area contributed by atoms with Gasteiger partial charge in [0, 0.05) is 16.0 Å². The van der Waals surface area contributed by atoms with Crippen molar-refractivity contribution >= 4 is 50.8 Å². The molecule has 38 heavy (non-hydrogen) atoms. The number of hydrazone groups is 1. The number of guanidine groups is 1. The van der Waals surface area contributed by atoms with Crippen molar-refractivity contribution in [3.63, 3.8) is 0 Å². The number of nitrogens with zero attached hydrogens (tertiary/aromatic N) is 3. The van der Waals surface area contributed by atoms with Gasteiger partial charge in [-0.1, -0.05) is 79.5 Å². The van der Waals surface area contributed by atoms with E-state index in [-0.39, 0.29) is 29.2 Å². The van der Waals surface area contributed by atoms with Gasteiger partial charge in [-0.05, 0) is 53.4 Å². The van der Waals surface area contributed by atoms with Gasteiger partial charge >= 0.3 is 0 Å². The topological polar surface area (TPSA) is 117 Å². The smallest absolute Gasteiger partial charge is 0.264 e. The Hall–Kier alpha value is -3.40. The average Bonchev–Trinajstić information content (AvgIpc) is 3.33. The molecular weight excluding hydrogens is 545 g/mol. The number of carbonyl (C=O) groups excluding carboxylic acids is 1. The van der Waals surface area contributed by atoms with Crippen LogP contribution in [0.5, 0.6) is 0 Å². The van der Waals surface area contributed by atoms with Crippen LogP contribution in [0.1, 0.15) is 30.9 Å². The molecule has 1 heterocycles. The van der Waals surface area contributed by atoms with Crippen molar-refractivity contribution in [2.24, 2.45) is 21.7 Å². The highest BCUT2D eigenvalue weighted by Crippen LogP contribution is 2.30. The number of halogens is 2. The quantitative estimate of drug-likeness (QED) is 0.317. The van der Waals surface area contributed by atoms with E-state index in [1.807, 2.05) is 42.5 Å². The predicted molar refractivity (Wildman–Crippen MR) is 151 cm³/mol. The summed E-state index contributed by atoms with van der Waals surface area (Å²) in [6.07, 6.45) is 0. The molecule has 0 fully saturated rings. The third-order valence-electron chi connectivity index (χ3n) is 6.03. The van der Waals surface area contributed by atoms with Gasteiger partial charge in [0.05, 0.1) is 17.2 Å². The third kappa shape index (κ3) is 6.35. The zero-order valence-corrected chi connectivity index (χ0v) is 23.1. The van der Waals surface area contributed by atoms with Crippen molar-refractivity contribution in [2.45, 2.75) is 30.7 Å². The monoisotopic (exact) mass is 571 g/mol. The van der Waals surface area contributed by atoms with Gasteiger partial charge < -0.3 is 5.73 Å². The van der Waals surface area contributed by atoms with Crippen LogP contribution in [-0.2, 0) is 14.8 Å². The Morgan fingerprint density at radius 1 is 1.00 bits per heavy atom. The predicted octanol–water partition coefficient (Wildman–Crippen LogP) is 4.64. The van der Waals surface area contributed by atoms with Crippen LogP contribution in [-0.4, -0.2) is 43.6 Å². The number of hydrogen-bond acceptors (Lipinski definition) is 5. The second-order valence-corrected chi connectivity index (χ2v) is 11.7. The molecule has 0 radical (unpaired) electrons. The second-order valence-electron chi connectivity index (χ2n) is 9.14. The molecule has 0 aromatic heterocycles. The Morgan fingerprint density at radius 3 is 2.13 bits per heavy atom. The number of aliphatic imine (C=N–C) groups is 1. The summed E-state index contributed by atoms with van der Waals surface area (Å²) in [4.78, 5) is 16.7. The molecule has 3 aromatic rings. The maximum atomic E-state index is 13.3. The van der Waals surface area contributed by atoms with E-state index >= 15 is 0 Å². The highest BCUT2D eigenvalue weighted by Gasteiger charge is 2.34. The standard InChI is InChI=1S/C27H27Cl2N5O3S/c1-17(2)24(26(30)35)31-27(33-38(36,37)22-14-12-21(29)13-15-22)34-16-23(18-6-4-3-5-7-18)25(32-34)19-8-10-20(28)11-9-19/h3-15,17,23-24H,16H2,1-2H3,(H2,30,35)(H,31,33)/t23-,24?/m1/s1. The molecule has 8 nitrogen and oxygen atoms in total. The van der Waals surface area contributed by atoms with Crippen molar-refractivity contribution in [3.8, 4) is 0 Å². The first kappa shape index (κ1) is 27.6. The van der Waals surface area contributed by atoms with E-state index in [4.69, 9.17) is 34.0 Å². The number of amides is 1. The summed E-state index contributed by atoms with van der Waals surface area (Å²) in [5.41, 5.74) is 8.13. The molecule has 0 saturated heterocycles. The van der Waals surface area contributed by atoms with Gasteiger partial charge in [-0.25, -0.2) is 23.1 Å². The summed E-state index contributed by atoms with van der Waals surface area (Å²) in [5.74, 6) is -1.28. The number of nitrogens with one attached hydrogen (secondary N) is 1. The first-order valence-corrected chi connectivity index (χ1v) is 14.1. The molecule has 2 atom stereocenters. The van der Waals surface area contributed by atoms with E-state index in [1.165, 1.54) is 29.3 Å². The largest absolute Gasteiger partial charge is 0.368 e. The summed E-state index contributed by atoms with van der Waals surface area (Å²) in [6, 6.07) is 21.7. The number of benzene rings is 3. The Balaban J connectivity index is 1.81. The summed E-state index contributed by atoms with van der Waals surface area (Å²) in [6.45, 7) is 3.83. The van der Waals surface area contributed by atoms with Crippen LogP contribution < -0.4 is 10.5 Å². The average molecular weight is 573 g/mol. The summed E-state index contributed by atoms with van der Waals surface area (Å²) >= 11 is 12.1. The lowest BCUT2D eigenvalue weighted by Gasteiger charge is -2.22. The maximum absolute atomic E-state index is 13.3. The molecule has 1 aliphatic rings. The van der Waals surface area contributed by atoms with Gasteiger partial charge in [0.15, 0.2) is 0 Å². The van der Waals surface area contributed by atoms with Crippen molar-refractivity contribution in [1.82, 2.24) is 9.73 Å². The van der Waals surface area contributed by atoms with Crippen LogP contribution in [0, 0.1) is 5.92 Å². The first-order valence-electron chi connectivity index (χ1n) is 11.9. The molecule has 0 saturated carbocycles. The molecule has 11 heteroatoms. The summed E-state index contributed by atoms with van der Waals surface area (Å²) in [5, 5.41) is 7.23. The zero-order chi connectivity index (χ0) is 27.4. The van der Waals surface area contributed by atoms with Gasteiger partial charge in [-0.15, -0.1) is 0 Å². The van der Waals surface area contributed by atoms with Crippen LogP contribution in [0.25, 0.3) is 0 Å². The highest BCUT2D eigenvalue weighted by molar-refractivity contribution is 7.90. The lowest BCUT2D eigenvalue weighted by Crippen LogP contribution is -2.44. The molecule has 1 aliphatic heterocycles. The third-order valence-corrected chi connectivity index (χ3v) is 7.88. The van der Waals surface area contributed by atoms with E-state index in [0.29, 0.717) is 15.8 Å². The number of hydrogen-bond donors (Lipinski definition) is 2. The molecule has 1 unspecified atom stereocenters. The second kappa shape index (κ2) is 11.6. The van der Waals surface area contributed by atoms with Crippen molar-refractivity contribution in [2.75, 3.05) is 6.54 Å². The molecule has 3 aromatic carbocycles. The molecule has 198 valence electrons. The first-order chi connectivity index (χ1) is 18.0. The SMILES string of the molecule is CC(C)C(N=C(NS(=O)(=O)c1ccc(Cl)cc1)N1C[C@H](c2ccccc2)C(c2ccc(Cl)cc2)=N1)C(N)=O. The van der Waals surface area contributed by atoms with Crippen LogP contribution in [0.15, 0.2) is 93.9 Å². The Bertz CT molecular complexity index is 1460. The summed E-state index contributed by atoms with van der Waals surface area (Å²) < 4.78 is 29.2. The highest BCUT2D eigenvalue weighted by atomic mass is 35.5. The Labute approximate surface area is 232 Å². The fraction of sp³-hybridized carbons (Fsp3) is 0.222. The van der Waals surface area contributed by atoms with Crippen molar-refractivity contribution < 1.29 is 13.2 Å². The van der Waals surface area contributed by atoms with Crippen molar-refractivity contribution in [1.29, 1.82) is 0 Å². The summed E-state index contributed by atoms with van der Waals surface area (Å²) in [7, 11) is -4.10. The Kier molecular flexibility index (Phi) is 8.40. The minimum atomic E-state index is -4.10. The minimum Gasteiger partial charge on any atom is -0.368 e. The van der Waals surface area contributed by atoms with Crippen molar-refractivity contribution in [3.05, 3.63) is 100 Å². The van der Waals surface area contributed by atoms with Gasteiger partial charge in [-0.3, -0.25) is 4.79 Å². The van der Waals surface area contributed by atoms with Crippen LogP contribution in [0.4, 0.5) is 0 Å². The molecule has 0 spiro atoms. The molecule has 4 rings (SSSR count). The van der Waals surface area contributed by atoms with E-state index in [1.54, 1.807) is 26.0 Å². The van der Waals surface area contributed by atoms with Crippen LogP contribution in [0.2, 0.25) is 10.0 Å². The zero-order valence-electron chi connectivity index (χ0n) is 20.8. The van der Waals surface area contributed by atoms with Crippen LogP contribution in [0.3, 0.4) is 0 Å². The van der Waals surface area contributed by atoms with E-state index in [0.717, 1.165) is 11.1 Å². The van der Waals surface area contributed by atoms with Gasteiger partial charge in [0.25, 0.3) is 10.0 Å². The fourth-order valence-electron chi connectivity index (χ4n) is 4.07. The normalized spacial score (nSPS) is 16.9. The Morgan fingerprint density at radius 2 is 1.58 bits per heavy atom. The van der Waals surface area contributed by atoms with Gasteiger partial charge in [0.2, 0.25) is 11.9 Å². The molecule has 3 N–H and O–H groups in total.